The van der Waals surface area contributed by atoms with E-state index >= 15 is 0 Å². The molecule has 2 aromatic rings. The van der Waals surface area contributed by atoms with Crippen LogP contribution in [0.2, 0.25) is 0 Å². The Hall–Kier alpha value is -0.600. The molecule has 0 bridgehead atoms. The van der Waals surface area contributed by atoms with Crippen molar-refractivity contribution < 1.29 is 0 Å². The Labute approximate surface area is 110 Å². The van der Waals surface area contributed by atoms with Crippen LogP contribution in [-0.2, 0) is 0 Å². The molecule has 0 spiro atoms. The van der Waals surface area contributed by atoms with Crippen molar-refractivity contribution in [1.82, 2.24) is 0 Å². The molecule has 1 aromatic heterocycles. The first-order valence-electron chi connectivity index (χ1n) is 5.50. The smallest absolute Gasteiger partial charge is 0.0779 e. The van der Waals surface area contributed by atoms with E-state index in [1.165, 1.54) is 25.4 Å². The predicted molar refractivity (Wildman–Crippen MR) is 78.3 cm³/mol. The quantitative estimate of drug-likeness (QED) is 0.622. The molecule has 0 aliphatic carbocycles. The van der Waals surface area contributed by atoms with Crippen LogP contribution in [0.15, 0.2) is 34.1 Å². The van der Waals surface area contributed by atoms with Gasteiger partial charge in [-0.25, -0.2) is 0 Å². The Morgan fingerprint density at radius 1 is 1.00 bits per heavy atom. The van der Waals surface area contributed by atoms with Gasteiger partial charge in [-0.2, -0.15) is 0 Å². The molecule has 0 saturated heterocycles. The van der Waals surface area contributed by atoms with E-state index in [9.17, 15) is 0 Å². The summed E-state index contributed by atoms with van der Waals surface area (Å²) in [5, 5.41) is 0. The van der Waals surface area contributed by atoms with Crippen LogP contribution >= 0.6 is 27.3 Å². The first kappa shape index (κ1) is 13.5. The minimum atomic E-state index is 1.22. The lowest BCUT2D eigenvalue weighted by Crippen LogP contribution is -1.75. The van der Waals surface area contributed by atoms with Crippen molar-refractivity contribution in [2.24, 2.45) is 0 Å². The van der Waals surface area contributed by atoms with Gasteiger partial charge in [-0.1, -0.05) is 43.7 Å². The number of benzene rings is 1. The van der Waals surface area contributed by atoms with E-state index in [0.717, 1.165) is 0 Å². The number of halogens is 1. The molecule has 0 aliphatic rings. The molecule has 86 valence electrons. The summed E-state index contributed by atoms with van der Waals surface area (Å²) in [5.41, 5.74) is 3.89. The van der Waals surface area contributed by atoms with Crippen LogP contribution in [0, 0.1) is 13.8 Å². The van der Waals surface area contributed by atoms with Crippen molar-refractivity contribution in [3.8, 4) is 11.1 Å². The number of rotatable bonds is 1. The number of hydrogen-bond donors (Lipinski definition) is 0. The highest BCUT2D eigenvalue weighted by molar-refractivity contribution is 9.11. The van der Waals surface area contributed by atoms with Gasteiger partial charge in [-0.05, 0) is 41.4 Å². The Morgan fingerprint density at radius 3 is 2.00 bits per heavy atom. The van der Waals surface area contributed by atoms with E-state index < -0.39 is 0 Å². The maximum atomic E-state index is 3.59. The molecule has 0 unspecified atom stereocenters. The van der Waals surface area contributed by atoms with Gasteiger partial charge in [0.25, 0.3) is 0 Å². The molecule has 0 atom stereocenters. The second kappa shape index (κ2) is 6.21. The predicted octanol–water partition coefficient (Wildman–Crippen LogP) is 5.82. The summed E-state index contributed by atoms with van der Waals surface area (Å²) in [4.78, 5) is 1.34. The van der Waals surface area contributed by atoms with Crippen molar-refractivity contribution in [1.29, 1.82) is 0 Å². The molecule has 1 aromatic carbocycles. The monoisotopic (exact) mass is 296 g/mol. The van der Waals surface area contributed by atoms with Crippen LogP contribution in [0.5, 0.6) is 0 Å². The second-order valence-electron chi connectivity index (χ2n) is 3.41. The highest BCUT2D eigenvalue weighted by Crippen LogP contribution is 2.35. The molecular formula is C14H17BrS. The largest absolute Gasteiger partial charge is 0.133 e. The van der Waals surface area contributed by atoms with Gasteiger partial charge in [0.05, 0.1) is 3.79 Å². The maximum Gasteiger partial charge on any atom is 0.0779 e. The van der Waals surface area contributed by atoms with Gasteiger partial charge < -0.3 is 0 Å². The maximum absolute atomic E-state index is 3.59. The summed E-state index contributed by atoms with van der Waals surface area (Å²) in [5.74, 6) is 0. The van der Waals surface area contributed by atoms with Crippen LogP contribution in [-0.4, -0.2) is 0 Å². The van der Waals surface area contributed by atoms with E-state index in [0.29, 0.717) is 0 Å². The molecule has 1 heterocycles. The van der Waals surface area contributed by atoms with Crippen molar-refractivity contribution in [3.05, 3.63) is 44.6 Å². The SMILES string of the molecule is CC.Cc1ccc(-c2cc(C)sc2Br)cc1. The van der Waals surface area contributed by atoms with Crippen molar-refractivity contribution >= 4 is 27.3 Å². The number of aryl methyl sites for hydroxylation is 2. The average molecular weight is 297 g/mol. The second-order valence-corrected chi connectivity index (χ2v) is 5.98. The third-order valence-corrected chi connectivity index (χ3v) is 3.92. The fourth-order valence-electron chi connectivity index (χ4n) is 1.42. The van der Waals surface area contributed by atoms with Crippen LogP contribution < -0.4 is 0 Å². The summed E-state index contributed by atoms with van der Waals surface area (Å²) in [7, 11) is 0. The third-order valence-electron chi connectivity index (χ3n) is 2.17. The molecule has 0 fully saturated rings. The fourth-order valence-corrected chi connectivity index (χ4v) is 3.27. The van der Waals surface area contributed by atoms with Crippen molar-refractivity contribution in [2.75, 3.05) is 0 Å². The Kier molecular flexibility index (Phi) is 5.23. The van der Waals surface area contributed by atoms with Crippen LogP contribution in [0.3, 0.4) is 0 Å². The first-order chi connectivity index (χ1) is 7.66. The van der Waals surface area contributed by atoms with Gasteiger partial charge in [0.1, 0.15) is 0 Å². The minimum absolute atomic E-state index is 1.22. The van der Waals surface area contributed by atoms with Gasteiger partial charge in [-0.15, -0.1) is 11.3 Å². The van der Waals surface area contributed by atoms with E-state index in [4.69, 9.17) is 0 Å². The van der Waals surface area contributed by atoms with E-state index in [1.807, 2.05) is 13.8 Å². The molecule has 0 saturated carbocycles. The number of hydrogen-bond acceptors (Lipinski definition) is 1. The average Bonchev–Trinajstić information content (AvgIpc) is 2.62. The molecule has 0 radical (unpaired) electrons. The highest BCUT2D eigenvalue weighted by atomic mass is 79.9. The van der Waals surface area contributed by atoms with Gasteiger partial charge in [0, 0.05) is 10.4 Å². The molecule has 2 rings (SSSR count). The summed E-state index contributed by atoms with van der Waals surface area (Å²) in [6, 6.07) is 10.9. The molecule has 0 aliphatic heterocycles. The fraction of sp³-hybridized carbons (Fsp3) is 0.286. The first-order valence-corrected chi connectivity index (χ1v) is 7.11. The van der Waals surface area contributed by atoms with Gasteiger partial charge in [0.15, 0.2) is 0 Å². The molecule has 0 nitrogen and oxygen atoms in total. The van der Waals surface area contributed by atoms with Gasteiger partial charge >= 0.3 is 0 Å². The Bertz CT molecular complexity index is 440. The van der Waals surface area contributed by atoms with E-state index in [2.05, 4.69) is 60.1 Å². The zero-order valence-electron chi connectivity index (χ0n) is 10.2. The van der Waals surface area contributed by atoms with Crippen LogP contribution in [0.1, 0.15) is 24.3 Å². The Morgan fingerprint density at radius 2 is 1.56 bits per heavy atom. The molecule has 0 amide bonds. The summed E-state index contributed by atoms with van der Waals surface area (Å²) in [6.45, 7) is 8.24. The molecule has 16 heavy (non-hydrogen) atoms. The van der Waals surface area contributed by atoms with Crippen molar-refractivity contribution in [3.63, 3.8) is 0 Å². The molecular weight excluding hydrogens is 280 g/mol. The minimum Gasteiger partial charge on any atom is -0.133 e. The standard InChI is InChI=1S/C12H11BrS.C2H6/c1-8-3-5-10(6-4-8)11-7-9(2)14-12(11)13;1-2/h3-7H,1-2H3;1-2H3. The zero-order valence-corrected chi connectivity index (χ0v) is 12.6. The lowest BCUT2D eigenvalue weighted by molar-refractivity contribution is 1.47. The summed E-state index contributed by atoms with van der Waals surface area (Å²) >= 11 is 5.38. The van der Waals surface area contributed by atoms with E-state index in [-0.39, 0.29) is 0 Å². The normalized spacial score (nSPS) is 9.56. The lowest BCUT2D eigenvalue weighted by atomic mass is 10.1. The summed E-state index contributed by atoms with van der Waals surface area (Å²) < 4.78 is 1.22. The van der Waals surface area contributed by atoms with Crippen molar-refractivity contribution in [2.45, 2.75) is 27.7 Å². The summed E-state index contributed by atoms with van der Waals surface area (Å²) in [6.07, 6.45) is 0. The Balaban J connectivity index is 0.000000606. The third kappa shape index (κ3) is 3.19. The zero-order chi connectivity index (χ0) is 12.1. The highest BCUT2D eigenvalue weighted by Gasteiger charge is 2.05. The number of thiophene rings is 1. The lowest BCUT2D eigenvalue weighted by Gasteiger charge is -1.99. The molecule has 0 N–H and O–H groups in total. The van der Waals surface area contributed by atoms with Crippen LogP contribution in [0.4, 0.5) is 0 Å². The van der Waals surface area contributed by atoms with Gasteiger partial charge in [0.2, 0.25) is 0 Å². The van der Waals surface area contributed by atoms with E-state index in [1.54, 1.807) is 11.3 Å². The van der Waals surface area contributed by atoms with Gasteiger partial charge in [-0.3, -0.25) is 0 Å². The molecule has 2 heteroatoms. The topological polar surface area (TPSA) is 0 Å². The van der Waals surface area contributed by atoms with Crippen LogP contribution in [0.25, 0.3) is 11.1 Å².